The number of thiophene rings is 1. The van der Waals surface area contributed by atoms with Gasteiger partial charge in [0.2, 0.25) is 0 Å². The van der Waals surface area contributed by atoms with E-state index in [4.69, 9.17) is 19.9 Å². The highest BCUT2D eigenvalue weighted by Gasteiger charge is 2.15. The number of aromatic nitrogens is 6. The zero-order valence-corrected chi connectivity index (χ0v) is 20.3. The van der Waals surface area contributed by atoms with Crippen molar-refractivity contribution in [3.8, 4) is 45.4 Å². The lowest BCUT2D eigenvalue weighted by Gasteiger charge is -2.09. The Morgan fingerprint density at radius 1 is 0.541 bits per heavy atom. The Morgan fingerprint density at radius 2 is 1.22 bits per heavy atom. The first-order valence-corrected chi connectivity index (χ1v) is 12.6. The molecule has 3 aromatic carbocycles. The summed E-state index contributed by atoms with van der Waals surface area (Å²) in [6.45, 7) is 0. The van der Waals surface area contributed by atoms with Crippen molar-refractivity contribution < 1.29 is 0 Å². The second kappa shape index (κ2) is 8.96. The summed E-state index contributed by atoms with van der Waals surface area (Å²) in [7, 11) is 0. The van der Waals surface area contributed by atoms with Crippen LogP contribution in [0.3, 0.4) is 0 Å². The van der Waals surface area contributed by atoms with Crippen molar-refractivity contribution in [2.45, 2.75) is 0 Å². The topological polar surface area (TPSA) is 77.3 Å². The molecule has 0 aliphatic rings. The van der Waals surface area contributed by atoms with Gasteiger partial charge in [0.25, 0.3) is 0 Å². The summed E-state index contributed by atoms with van der Waals surface area (Å²) < 4.78 is 2.21. The molecule has 0 saturated carbocycles. The normalized spacial score (nSPS) is 11.2. The monoisotopic (exact) mass is 494 g/mol. The number of hydrogen-bond acceptors (Lipinski definition) is 7. The molecule has 7 aromatic rings. The highest BCUT2D eigenvalue weighted by atomic mass is 32.1. The first-order chi connectivity index (χ1) is 18.3. The van der Waals surface area contributed by atoms with Gasteiger partial charge in [0, 0.05) is 44.7 Å². The lowest BCUT2D eigenvalue weighted by molar-refractivity contribution is 1.07. The Balaban J connectivity index is 1.33. The van der Waals surface area contributed by atoms with E-state index in [2.05, 4.69) is 22.1 Å². The molecule has 7 heteroatoms. The Labute approximate surface area is 216 Å². The third-order valence-electron chi connectivity index (χ3n) is 6.16. The molecule has 0 amide bonds. The fourth-order valence-electron chi connectivity index (χ4n) is 4.36. The van der Waals surface area contributed by atoms with Crippen LogP contribution in [0.2, 0.25) is 0 Å². The number of nitrogens with zero attached hydrogens (tertiary/aromatic N) is 6. The number of fused-ring (bicyclic) bond motifs is 3. The van der Waals surface area contributed by atoms with E-state index in [9.17, 15) is 0 Å². The summed E-state index contributed by atoms with van der Waals surface area (Å²) in [6, 6.07) is 30.2. The van der Waals surface area contributed by atoms with Crippen LogP contribution in [-0.2, 0) is 0 Å². The number of pyridine rings is 1. The lowest BCUT2D eigenvalue weighted by atomic mass is 10.1. The van der Waals surface area contributed by atoms with E-state index in [1.165, 1.54) is 0 Å². The molecular formula is C30H18N6S. The quantitative estimate of drug-likeness (QED) is 0.260. The van der Waals surface area contributed by atoms with E-state index in [0.717, 1.165) is 48.3 Å². The highest BCUT2D eigenvalue weighted by Crippen LogP contribution is 2.38. The first-order valence-electron chi connectivity index (χ1n) is 11.8. The van der Waals surface area contributed by atoms with Gasteiger partial charge in [0.1, 0.15) is 6.33 Å². The van der Waals surface area contributed by atoms with Gasteiger partial charge in [-0.25, -0.2) is 24.9 Å². The van der Waals surface area contributed by atoms with Crippen LogP contribution in [0.4, 0.5) is 0 Å². The minimum absolute atomic E-state index is 0.585. The summed E-state index contributed by atoms with van der Waals surface area (Å²) >= 11 is 1.68. The third kappa shape index (κ3) is 3.91. The molecule has 6 nitrogen and oxygen atoms in total. The number of benzene rings is 3. The molecule has 0 radical (unpaired) electrons. The van der Waals surface area contributed by atoms with E-state index in [0.29, 0.717) is 17.5 Å². The van der Waals surface area contributed by atoms with Gasteiger partial charge in [-0.15, -0.1) is 11.3 Å². The van der Waals surface area contributed by atoms with Crippen molar-refractivity contribution in [2.75, 3.05) is 0 Å². The Bertz CT molecular complexity index is 1810. The van der Waals surface area contributed by atoms with Crippen LogP contribution < -0.4 is 0 Å². The minimum Gasteiger partial charge on any atom is -0.255 e. The van der Waals surface area contributed by atoms with Crippen LogP contribution in [0.5, 0.6) is 0 Å². The maximum Gasteiger partial charge on any atom is 0.165 e. The molecular weight excluding hydrogens is 476 g/mol. The van der Waals surface area contributed by atoms with Crippen molar-refractivity contribution in [1.29, 1.82) is 0 Å². The molecule has 0 aliphatic heterocycles. The van der Waals surface area contributed by atoms with Gasteiger partial charge in [0.15, 0.2) is 17.5 Å². The van der Waals surface area contributed by atoms with Gasteiger partial charge >= 0.3 is 0 Å². The summed E-state index contributed by atoms with van der Waals surface area (Å²) in [5, 5.41) is 1.11. The van der Waals surface area contributed by atoms with E-state index < -0.39 is 0 Å². The molecule has 4 heterocycles. The maximum absolute atomic E-state index is 4.82. The fourth-order valence-corrected chi connectivity index (χ4v) is 5.51. The molecule has 0 N–H and O–H groups in total. The molecule has 0 fully saturated rings. The van der Waals surface area contributed by atoms with Crippen LogP contribution in [0.15, 0.2) is 110 Å². The molecule has 0 bridgehead atoms. The summed E-state index contributed by atoms with van der Waals surface area (Å²) in [4.78, 5) is 27.9. The molecule has 0 aliphatic carbocycles. The summed E-state index contributed by atoms with van der Waals surface area (Å²) in [6.07, 6.45) is 5.29. The largest absolute Gasteiger partial charge is 0.255 e. The molecule has 4 aromatic heterocycles. The average molecular weight is 495 g/mol. The summed E-state index contributed by atoms with van der Waals surface area (Å²) in [5.74, 6) is 1.84. The van der Waals surface area contributed by atoms with Gasteiger partial charge in [-0.1, -0.05) is 78.9 Å². The van der Waals surface area contributed by atoms with Gasteiger partial charge in [-0.05, 0) is 12.1 Å². The first kappa shape index (κ1) is 21.4. The molecule has 0 spiro atoms. The molecule has 0 atom stereocenters. The molecule has 0 saturated heterocycles. The Hall–Kier alpha value is -4.88. The van der Waals surface area contributed by atoms with Crippen molar-refractivity contribution in [2.24, 2.45) is 0 Å². The predicted molar refractivity (Wildman–Crippen MR) is 148 cm³/mol. The zero-order chi connectivity index (χ0) is 24.6. The van der Waals surface area contributed by atoms with Gasteiger partial charge < -0.3 is 0 Å². The molecule has 0 unspecified atom stereocenters. The van der Waals surface area contributed by atoms with Crippen LogP contribution in [-0.4, -0.2) is 29.9 Å². The second-order valence-corrected chi connectivity index (χ2v) is 9.54. The average Bonchev–Trinajstić information content (AvgIpc) is 3.37. The fraction of sp³-hybridized carbons (Fsp3) is 0. The second-order valence-electron chi connectivity index (χ2n) is 8.49. The van der Waals surface area contributed by atoms with Crippen LogP contribution in [0.1, 0.15) is 0 Å². The van der Waals surface area contributed by atoms with Crippen molar-refractivity contribution in [3.63, 3.8) is 0 Å². The zero-order valence-electron chi connectivity index (χ0n) is 19.5. The highest BCUT2D eigenvalue weighted by molar-refractivity contribution is 7.26. The predicted octanol–water partition coefficient (Wildman–Crippen LogP) is 7.09. The molecule has 7 rings (SSSR count). The van der Waals surface area contributed by atoms with Crippen LogP contribution >= 0.6 is 11.3 Å². The maximum atomic E-state index is 4.82. The van der Waals surface area contributed by atoms with E-state index in [1.54, 1.807) is 17.7 Å². The van der Waals surface area contributed by atoms with Crippen molar-refractivity contribution in [3.05, 3.63) is 110 Å². The van der Waals surface area contributed by atoms with Gasteiger partial charge in [-0.3, -0.25) is 4.98 Å². The number of hydrogen-bond donors (Lipinski definition) is 0. The van der Waals surface area contributed by atoms with E-state index in [-0.39, 0.29) is 0 Å². The molecule has 37 heavy (non-hydrogen) atoms. The number of rotatable bonds is 4. The summed E-state index contributed by atoms with van der Waals surface area (Å²) in [5.41, 5.74) is 5.63. The van der Waals surface area contributed by atoms with E-state index in [1.807, 2.05) is 91.3 Å². The Morgan fingerprint density at radius 3 is 1.86 bits per heavy atom. The van der Waals surface area contributed by atoms with Crippen LogP contribution in [0.25, 0.3) is 65.7 Å². The standard InChI is InChI=1S/C30H18N6S/c1-3-8-19(9-4-1)28-34-29(20-10-5-2-6-11-20)36-30(35-28)21-14-15-24(32-16-21)22-12-7-13-23-26-25(37-27(22)23)17-31-18-33-26/h1-18H. The van der Waals surface area contributed by atoms with Gasteiger partial charge in [0.05, 0.1) is 15.9 Å². The smallest absolute Gasteiger partial charge is 0.165 e. The third-order valence-corrected chi connectivity index (χ3v) is 7.32. The van der Waals surface area contributed by atoms with Gasteiger partial charge in [-0.2, -0.15) is 0 Å². The van der Waals surface area contributed by atoms with Crippen LogP contribution in [0, 0.1) is 0 Å². The van der Waals surface area contributed by atoms with Crippen molar-refractivity contribution in [1.82, 2.24) is 29.9 Å². The molecule has 174 valence electrons. The minimum atomic E-state index is 0.585. The lowest BCUT2D eigenvalue weighted by Crippen LogP contribution is -2.00. The Kier molecular flexibility index (Phi) is 5.19. The SMILES string of the molecule is c1ccc(-c2nc(-c3ccccc3)nc(-c3ccc(-c4cccc5c4sc4cncnc45)nc3)n2)cc1. The van der Waals surface area contributed by atoms with E-state index >= 15 is 0 Å². The van der Waals surface area contributed by atoms with Crippen molar-refractivity contribution >= 4 is 31.6 Å².